The Kier molecular flexibility index (Phi) is 3.37. The molecule has 2 N–H and O–H groups in total. The van der Waals surface area contributed by atoms with Crippen LogP contribution in [0.5, 0.6) is 0 Å². The summed E-state index contributed by atoms with van der Waals surface area (Å²) in [5, 5.41) is 5.93. The van der Waals surface area contributed by atoms with Gasteiger partial charge in [0, 0.05) is 31.6 Å². The van der Waals surface area contributed by atoms with Crippen molar-refractivity contribution in [2.45, 2.75) is 24.8 Å². The number of hydrogen-bond donors (Lipinski definition) is 2. The second kappa shape index (κ2) is 5.20. The van der Waals surface area contributed by atoms with Crippen LogP contribution in [0.15, 0.2) is 24.3 Å². The molecule has 0 spiro atoms. The van der Waals surface area contributed by atoms with Crippen LogP contribution >= 0.6 is 0 Å². The summed E-state index contributed by atoms with van der Waals surface area (Å²) in [5.74, 6) is -0.678. The Morgan fingerprint density at radius 1 is 1.38 bits per heavy atom. The van der Waals surface area contributed by atoms with Gasteiger partial charge in [0.2, 0.25) is 11.8 Å². The zero-order valence-corrected chi connectivity index (χ0v) is 11.8. The van der Waals surface area contributed by atoms with E-state index in [1.165, 1.54) is 7.05 Å². The second-order valence-corrected chi connectivity index (χ2v) is 5.48. The third-order valence-electron chi connectivity index (χ3n) is 4.09. The number of anilines is 1. The Bertz CT molecular complexity index is 614. The largest absolute Gasteiger partial charge is 0.384 e. The van der Waals surface area contributed by atoms with Gasteiger partial charge in [-0.15, -0.1) is 0 Å². The minimum absolute atomic E-state index is 0.0561. The highest BCUT2D eigenvalue weighted by atomic mass is 16.2. The maximum absolute atomic E-state index is 12.1. The zero-order valence-electron chi connectivity index (χ0n) is 11.8. The fourth-order valence-electron chi connectivity index (χ4n) is 2.88. The molecule has 1 aromatic rings. The Hall–Kier alpha value is -2.37. The van der Waals surface area contributed by atoms with Crippen molar-refractivity contribution in [1.29, 1.82) is 0 Å². The lowest BCUT2D eigenvalue weighted by Crippen LogP contribution is -2.41. The number of rotatable bonds is 3. The lowest BCUT2D eigenvalue weighted by molar-refractivity contribution is -0.138. The molecule has 2 atom stereocenters. The average molecular weight is 287 g/mol. The summed E-state index contributed by atoms with van der Waals surface area (Å²) in [5.41, 5.74) is 2.18. The first kappa shape index (κ1) is 13.6. The number of nitrogens with zero attached hydrogens (tertiary/aromatic N) is 1. The Balaban J connectivity index is 1.61. The summed E-state index contributed by atoms with van der Waals surface area (Å²) < 4.78 is 0. The van der Waals surface area contributed by atoms with Crippen LogP contribution in [0.4, 0.5) is 5.69 Å². The number of benzene rings is 1. The number of hydrogen-bond acceptors (Lipinski definition) is 4. The summed E-state index contributed by atoms with van der Waals surface area (Å²) in [4.78, 5) is 36.4. The number of likely N-dealkylation sites (N-methyl/N-ethyl adjacent to an activating group) is 1. The maximum Gasteiger partial charge on any atom is 0.252 e. The highest BCUT2D eigenvalue weighted by Crippen LogP contribution is 2.33. The SMILES string of the molecule is CN1C(=O)CC(NC(=O)CC2CNc3ccccc32)C1=O. The van der Waals surface area contributed by atoms with Crippen LogP contribution in [0.2, 0.25) is 0 Å². The zero-order chi connectivity index (χ0) is 15.0. The van der Waals surface area contributed by atoms with Crippen LogP contribution in [-0.4, -0.2) is 42.3 Å². The molecule has 2 aliphatic heterocycles. The third kappa shape index (κ3) is 2.49. The molecule has 6 heteroatoms. The predicted molar refractivity (Wildman–Crippen MR) is 76.6 cm³/mol. The lowest BCUT2D eigenvalue weighted by Gasteiger charge is -2.14. The van der Waals surface area contributed by atoms with Gasteiger partial charge in [-0.2, -0.15) is 0 Å². The van der Waals surface area contributed by atoms with Gasteiger partial charge in [-0.05, 0) is 11.6 Å². The monoisotopic (exact) mass is 287 g/mol. The first-order valence-corrected chi connectivity index (χ1v) is 6.99. The molecule has 1 saturated heterocycles. The van der Waals surface area contributed by atoms with Crippen molar-refractivity contribution in [2.75, 3.05) is 18.9 Å². The molecule has 0 radical (unpaired) electrons. The van der Waals surface area contributed by atoms with Crippen LogP contribution in [0.3, 0.4) is 0 Å². The number of amides is 3. The smallest absolute Gasteiger partial charge is 0.252 e. The molecule has 21 heavy (non-hydrogen) atoms. The summed E-state index contributed by atoms with van der Waals surface area (Å²) in [6.07, 6.45) is 0.367. The molecule has 0 saturated carbocycles. The second-order valence-electron chi connectivity index (χ2n) is 5.48. The van der Waals surface area contributed by atoms with Crippen molar-refractivity contribution in [3.05, 3.63) is 29.8 Å². The van der Waals surface area contributed by atoms with Gasteiger partial charge in [0.15, 0.2) is 0 Å². The van der Waals surface area contributed by atoms with Crippen LogP contribution in [-0.2, 0) is 14.4 Å². The van der Waals surface area contributed by atoms with Gasteiger partial charge in [-0.25, -0.2) is 0 Å². The van der Waals surface area contributed by atoms with E-state index in [2.05, 4.69) is 10.6 Å². The standard InChI is InChI=1S/C15H17N3O3/c1-18-14(20)7-12(15(18)21)17-13(19)6-9-8-16-11-5-3-2-4-10(9)11/h2-5,9,12,16H,6-8H2,1H3,(H,17,19). The normalized spacial score (nSPS) is 24.0. The van der Waals surface area contributed by atoms with E-state index in [4.69, 9.17) is 0 Å². The first-order valence-electron chi connectivity index (χ1n) is 6.99. The van der Waals surface area contributed by atoms with Crippen LogP contribution in [0, 0.1) is 0 Å². The number of para-hydroxylation sites is 1. The van der Waals surface area contributed by atoms with E-state index in [-0.39, 0.29) is 30.1 Å². The van der Waals surface area contributed by atoms with Crippen molar-refractivity contribution < 1.29 is 14.4 Å². The first-order chi connectivity index (χ1) is 10.1. The minimum atomic E-state index is -0.709. The van der Waals surface area contributed by atoms with Crippen LogP contribution in [0.25, 0.3) is 0 Å². The Labute approximate surface area is 122 Å². The van der Waals surface area contributed by atoms with E-state index < -0.39 is 6.04 Å². The summed E-state index contributed by atoms with van der Waals surface area (Å²) in [6.45, 7) is 0.713. The lowest BCUT2D eigenvalue weighted by atomic mass is 9.97. The predicted octanol–water partition coefficient (Wildman–Crippen LogP) is 0.459. The van der Waals surface area contributed by atoms with E-state index in [1.807, 2.05) is 24.3 Å². The molecule has 3 rings (SSSR count). The molecule has 0 aromatic heterocycles. The fraction of sp³-hybridized carbons (Fsp3) is 0.400. The van der Waals surface area contributed by atoms with E-state index in [1.54, 1.807) is 0 Å². The minimum Gasteiger partial charge on any atom is -0.384 e. The van der Waals surface area contributed by atoms with Gasteiger partial charge in [-0.1, -0.05) is 18.2 Å². The number of nitrogens with one attached hydrogen (secondary N) is 2. The number of fused-ring (bicyclic) bond motifs is 1. The number of carbonyl (C=O) groups is 3. The number of carbonyl (C=O) groups excluding carboxylic acids is 3. The van der Waals surface area contributed by atoms with Crippen molar-refractivity contribution in [2.24, 2.45) is 0 Å². The van der Waals surface area contributed by atoms with Crippen LogP contribution in [0.1, 0.15) is 24.3 Å². The van der Waals surface area contributed by atoms with E-state index in [9.17, 15) is 14.4 Å². The van der Waals surface area contributed by atoms with Crippen molar-refractivity contribution in [1.82, 2.24) is 10.2 Å². The summed E-state index contributed by atoms with van der Waals surface area (Å²) >= 11 is 0. The molecule has 6 nitrogen and oxygen atoms in total. The molecule has 2 aliphatic rings. The van der Waals surface area contributed by atoms with Gasteiger partial charge < -0.3 is 10.6 Å². The highest BCUT2D eigenvalue weighted by Gasteiger charge is 2.37. The van der Waals surface area contributed by atoms with Crippen LogP contribution < -0.4 is 10.6 Å². The van der Waals surface area contributed by atoms with Gasteiger partial charge in [0.05, 0.1) is 6.42 Å². The fourth-order valence-corrected chi connectivity index (χ4v) is 2.88. The van der Waals surface area contributed by atoms with Gasteiger partial charge >= 0.3 is 0 Å². The third-order valence-corrected chi connectivity index (χ3v) is 4.09. The molecule has 1 aromatic carbocycles. The molecule has 3 amide bonds. The number of likely N-dealkylation sites (tertiary alicyclic amines) is 1. The highest BCUT2D eigenvalue weighted by molar-refractivity contribution is 6.06. The van der Waals surface area contributed by atoms with E-state index >= 15 is 0 Å². The van der Waals surface area contributed by atoms with Gasteiger partial charge in [0.25, 0.3) is 5.91 Å². The molecule has 2 heterocycles. The molecular weight excluding hydrogens is 270 g/mol. The maximum atomic E-state index is 12.1. The molecular formula is C15H17N3O3. The average Bonchev–Trinajstić information content (AvgIpc) is 2.97. The Morgan fingerprint density at radius 3 is 2.86 bits per heavy atom. The molecule has 2 unspecified atom stereocenters. The summed E-state index contributed by atoms with van der Waals surface area (Å²) in [6, 6.07) is 7.18. The summed E-state index contributed by atoms with van der Waals surface area (Å²) in [7, 11) is 1.44. The molecule has 0 aliphatic carbocycles. The van der Waals surface area contributed by atoms with Gasteiger partial charge in [0.1, 0.15) is 6.04 Å². The van der Waals surface area contributed by atoms with Crippen molar-refractivity contribution in [3.63, 3.8) is 0 Å². The molecule has 110 valence electrons. The quantitative estimate of drug-likeness (QED) is 0.792. The molecule has 1 fully saturated rings. The van der Waals surface area contributed by atoms with E-state index in [0.717, 1.165) is 16.2 Å². The molecule has 0 bridgehead atoms. The van der Waals surface area contributed by atoms with Crippen molar-refractivity contribution >= 4 is 23.4 Å². The number of imide groups is 1. The van der Waals surface area contributed by atoms with Crippen molar-refractivity contribution in [3.8, 4) is 0 Å². The topological polar surface area (TPSA) is 78.5 Å². The Morgan fingerprint density at radius 2 is 2.14 bits per heavy atom. The van der Waals surface area contributed by atoms with E-state index in [0.29, 0.717) is 13.0 Å². The van der Waals surface area contributed by atoms with Gasteiger partial charge in [-0.3, -0.25) is 19.3 Å².